The molecule has 28 heavy (non-hydrogen) atoms. The molecule has 3 heterocycles. The van der Waals surface area contributed by atoms with Crippen LogP contribution >= 0.6 is 22.7 Å². The van der Waals surface area contributed by atoms with E-state index in [1.165, 1.54) is 15.6 Å². The maximum Gasteiger partial charge on any atom is 0.221 e. The van der Waals surface area contributed by atoms with Crippen LogP contribution < -0.4 is 5.73 Å². The van der Waals surface area contributed by atoms with Crippen LogP contribution in [0.3, 0.4) is 0 Å². The molecule has 0 aliphatic rings. The highest BCUT2D eigenvalue weighted by Gasteiger charge is 2.19. The Morgan fingerprint density at radius 2 is 1.64 bits per heavy atom. The van der Waals surface area contributed by atoms with E-state index in [0.29, 0.717) is 5.95 Å². The lowest BCUT2D eigenvalue weighted by Gasteiger charge is -2.13. The molecule has 5 rings (SSSR count). The molecule has 3 nitrogen and oxygen atoms in total. The molecular weight excluding hydrogens is 382 g/mol. The summed E-state index contributed by atoms with van der Waals surface area (Å²) in [4.78, 5) is 10.4. The van der Waals surface area contributed by atoms with Crippen molar-refractivity contribution < 1.29 is 0 Å². The number of nitrogens with zero attached hydrogens (tertiary/aromatic N) is 2. The summed E-state index contributed by atoms with van der Waals surface area (Å²) in [5.74, 6) is 0.311. The maximum absolute atomic E-state index is 6.15. The molecule has 5 heteroatoms. The predicted molar refractivity (Wildman–Crippen MR) is 120 cm³/mol. The first-order valence-corrected chi connectivity index (χ1v) is 10.8. The smallest absolute Gasteiger partial charge is 0.221 e. The Morgan fingerprint density at radius 1 is 0.857 bits per heavy atom. The molecule has 0 spiro atoms. The van der Waals surface area contributed by atoms with Gasteiger partial charge < -0.3 is 5.73 Å². The topological polar surface area (TPSA) is 51.8 Å². The normalized spacial score (nSPS) is 11.1. The van der Waals surface area contributed by atoms with Gasteiger partial charge in [-0.25, -0.2) is 9.97 Å². The summed E-state index contributed by atoms with van der Waals surface area (Å²) in [6.45, 7) is 0. The Hall–Kier alpha value is -3.02. The summed E-state index contributed by atoms with van der Waals surface area (Å²) < 4.78 is 1.25. The largest absolute Gasteiger partial charge is 0.368 e. The van der Waals surface area contributed by atoms with E-state index in [1.54, 1.807) is 22.7 Å². The summed E-state index contributed by atoms with van der Waals surface area (Å²) in [7, 11) is 0. The van der Waals surface area contributed by atoms with E-state index in [0.717, 1.165) is 33.8 Å². The summed E-state index contributed by atoms with van der Waals surface area (Å²) in [5.41, 5.74) is 11.4. The second-order valence-electron chi connectivity index (χ2n) is 6.58. The zero-order valence-electron chi connectivity index (χ0n) is 15.0. The Labute approximate surface area is 171 Å². The SMILES string of the molecule is Nc1nc(-c2ccsc2)c(Cc2ccccc2)c(-c2cc3ccccc3s2)n1. The molecule has 3 aromatic heterocycles. The highest BCUT2D eigenvalue weighted by atomic mass is 32.1. The van der Waals surface area contributed by atoms with E-state index in [9.17, 15) is 0 Å². The van der Waals surface area contributed by atoms with Crippen molar-refractivity contribution in [2.75, 3.05) is 5.73 Å². The molecule has 0 aliphatic heterocycles. The van der Waals surface area contributed by atoms with Gasteiger partial charge >= 0.3 is 0 Å². The number of fused-ring (bicyclic) bond motifs is 1. The standard InChI is InChI=1S/C23H17N3S2/c24-23-25-21(17-10-11-27-14-17)18(12-15-6-2-1-3-7-15)22(26-23)20-13-16-8-4-5-9-19(16)28-20/h1-11,13-14H,12H2,(H2,24,25,26). The molecular formula is C23H17N3S2. The fourth-order valence-electron chi connectivity index (χ4n) is 3.41. The molecule has 0 aliphatic carbocycles. The van der Waals surface area contributed by atoms with Crippen LogP contribution in [0, 0.1) is 0 Å². The highest BCUT2D eigenvalue weighted by Crippen LogP contribution is 2.38. The summed E-state index contributed by atoms with van der Waals surface area (Å²) in [5, 5.41) is 5.41. The van der Waals surface area contributed by atoms with Gasteiger partial charge in [0.25, 0.3) is 0 Å². The molecule has 0 unspecified atom stereocenters. The Balaban J connectivity index is 1.75. The lowest BCUT2D eigenvalue weighted by Crippen LogP contribution is -2.05. The van der Waals surface area contributed by atoms with Crippen molar-refractivity contribution in [3.05, 3.63) is 88.6 Å². The second kappa shape index (κ2) is 7.19. The Bertz CT molecular complexity index is 1210. The third-order valence-corrected chi connectivity index (χ3v) is 6.51. The lowest BCUT2D eigenvalue weighted by molar-refractivity contribution is 1.10. The second-order valence-corrected chi connectivity index (χ2v) is 8.44. The zero-order valence-corrected chi connectivity index (χ0v) is 16.6. The van der Waals surface area contributed by atoms with Crippen LogP contribution in [0.25, 0.3) is 31.9 Å². The number of thiophene rings is 2. The number of hydrogen-bond donors (Lipinski definition) is 1. The summed E-state index contributed by atoms with van der Waals surface area (Å²) in [6, 6.07) is 23.2. The molecule has 0 saturated heterocycles. The van der Waals surface area contributed by atoms with E-state index in [1.807, 2.05) is 6.07 Å². The fourth-order valence-corrected chi connectivity index (χ4v) is 5.13. The number of benzene rings is 2. The first-order chi connectivity index (χ1) is 13.8. The highest BCUT2D eigenvalue weighted by molar-refractivity contribution is 7.22. The zero-order chi connectivity index (χ0) is 18.9. The molecule has 0 fully saturated rings. The van der Waals surface area contributed by atoms with Gasteiger partial charge in [0.1, 0.15) is 0 Å². The number of aromatic nitrogens is 2. The average molecular weight is 400 g/mol. The van der Waals surface area contributed by atoms with Crippen LogP contribution in [0.4, 0.5) is 5.95 Å². The number of hydrogen-bond acceptors (Lipinski definition) is 5. The van der Waals surface area contributed by atoms with Gasteiger partial charge in [0.15, 0.2) is 0 Å². The van der Waals surface area contributed by atoms with Gasteiger partial charge in [-0.05, 0) is 34.5 Å². The third kappa shape index (κ3) is 3.19. The minimum atomic E-state index is 0.311. The fraction of sp³-hybridized carbons (Fsp3) is 0.0435. The summed E-state index contributed by atoms with van der Waals surface area (Å²) >= 11 is 3.41. The van der Waals surface area contributed by atoms with Gasteiger partial charge in [-0.3, -0.25) is 0 Å². The van der Waals surface area contributed by atoms with Crippen molar-refractivity contribution in [1.29, 1.82) is 0 Å². The Kier molecular flexibility index (Phi) is 4.39. The van der Waals surface area contributed by atoms with Crippen molar-refractivity contribution in [3.8, 4) is 21.8 Å². The molecule has 0 amide bonds. The molecule has 0 saturated carbocycles. The average Bonchev–Trinajstić information content (AvgIpc) is 3.39. The van der Waals surface area contributed by atoms with Crippen molar-refractivity contribution in [2.24, 2.45) is 0 Å². The lowest BCUT2D eigenvalue weighted by atomic mass is 9.98. The van der Waals surface area contributed by atoms with E-state index in [2.05, 4.69) is 81.4 Å². The molecule has 0 atom stereocenters. The molecule has 2 N–H and O–H groups in total. The van der Waals surface area contributed by atoms with E-state index >= 15 is 0 Å². The van der Waals surface area contributed by atoms with Crippen LogP contribution in [-0.4, -0.2) is 9.97 Å². The van der Waals surface area contributed by atoms with Crippen LogP contribution in [0.1, 0.15) is 11.1 Å². The maximum atomic E-state index is 6.15. The van der Waals surface area contributed by atoms with E-state index < -0.39 is 0 Å². The van der Waals surface area contributed by atoms with Crippen molar-refractivity contribution in [3.63, 3.8) is 0 Å². The monoisotopic (exact) mass is 399 g/mol. The van der Waals surface area contributed by atoms with Crippen LogP contribution in [0.15, 0.2) is 77.5 Å². The van der Waals surface area contributed by atoms with Gasteiger partial charge in [0.05, 0.1) is 16.3 Å². The molecule has 0 bridgehead atoms. The van der Waals surface area contributed by atoms with E-state index in [-0.39, 0.29) is 0 Å². The number of anilines is 1. The van der Waals surface area contributed by atoms with Gasteiger partial charge in [-0.1, -0.05) is 48.5 Å². The minimum Gasteiger partial charge on any atom is -0.368 e. The van der Waals surface area contributed by atoms with Gasteiger partial charge in [-0.2, -0.15) is 11.3 Å². The molecule has 5 aromatic rings. The third-order valence-electron chi connectivity index (χ3n) is 4.70. The minimum absolute atomic E-state index is 0.311. The number of nitrogens with two attached hydrogens (primary N) is 1. The quantitative estimate of drug-likeness (QED) is 0.388. The van der Waals surface area contributed by atoms with Crippen LogP contribution in [0.5, 0.6) is 0 Å². The summed E-state index contributed by atoms with van der Waals surface area (Å²) in [6.07, 6.45) is 0.760. The van der Waals surface area contributed by atoms with E-state index in [4.69, 9.17) is 5.73 Å². The van der Waals surface area contributed by atoms with Crippen molar-refractivity contribution in [1.82, 2.24) is 9.97 Å². The van der Waals surface area contributed by atoms with Crippen molar-refractivity contribution in [2.45, 2.75) is 6.42 Å². The first kappa shape index (κ1) is 17.1. The number of rotatable bonds is 4. The van der Waals surface area contributed by atoms with Gasteiger partial charge in [-0.15, -0.1) is 11.3 Å². The molecule has 2 aromatic carbocycles. The predicted octanol–water partition coefficient (Wildman–Crippen LogP) is 6.26. The van der Waals surface area contributed by atoms with Gasteiger partial charge in [0.2, 0.25) is 5.95 Å². The Morgan fingerprint density at radius 3 is 2.43 bits per heavy atom. The molecule has 0 radical (unpaired) electrons. The van der Waals surface area contributed by atoms with Crippen molar-refractivity contribution >= 4 is 38.7 Å². The number of nitrogen functional groups attached to an aromatic ring is 1. The van der Waals surface area contributed by atoms with Crippen LogP contribution in [0.2, 0.25) is 0 Å². The van der Waals surface area contributed by atoms with Gasteiger partial charge in [0, 0.05) is 27.6 Å². The first-order valence-electron chi connectivity index (χ1n) is 9.00. The molecule has 136 valence electrons. The van der Waals surface area contributed by atoms with Crippen LogP contribution in [-0.2, 0) is 6.42 Å².